The number of amides is 1. The van der Waals surface area contributed by atoms with Gasteiger partial charge < -0.3 is 15.5 Å². The SMILES string of the molecule is O=C(NC1CCNC1)c1ccnc(N2Cc3ccccc3C2)c1. The number of anilines is 1. The Hall–Kier alpha value is -2.40. The number of hydrogen-bond donors (Lipinski definition) is 2. The van der Waals surface area contributed by atoms with Crippen LogP contribution >= 0.6 is 0 Å². The van der Waals surface area contributed by atoms with E-state index in [1.165, 1.54) is 11.1 Å². The molecule has 23 heavy (non-hydrogen) atoms. The second kappa shape index (κ2) is 6.01. The summed E-state index contributed by atoms with van der Waals surface area (Å²) in [6.07, 6.45) is 2.71. The van der Waals surface area contributed by atoms with Gasteiger partial charge in [-0.3, -0.25) is 4.79 Å². The highest BCUT2D eigenvalue weighted by molar-refractivity contribution is 5.95. The van der Waals surface area contributed by atoms with E-state index in [1.807, 2.05) is 6.07 Å². The third-order valence-corrected chi connectivity index (χ3v) is 4.57. The van der Waals surface area contributed by atoms with E-state index >= 15 is 0 Å². The van der Waals surface area contributed by atoms with Crippen LogP contribution in [-0.4, -0.2) is 30.0 Å². The molecule has 1 saturated heterocycles. The van der Waals surface area contributed by atoms with E-state index in [0.29, 0.717) is 5.56 Å². The van der Waals surface area contributed by atoms with Gasteiger partial charge in [0.2, 0.25) is 0 Å². The molecule has 1 unspecified atom stereocenters. The molecule has 1 amide bonds. The Bertz CT molecular complexity index is 699. The van der Waals surface area contributed by atoms with Crippen LogP contribution < -0.4 is 15.5 Å². The molecule has 0 bridgehead atoms. The second-order valence-electron chi connectivity index (χ2n) is 6.19. The molecule has 0 spiro atoms. The lowest BCUT2D eigenvalue weighted by Gasteiger charge is -2.17. The Labute approximate surface area is 135 Å². The molecule has 2 aliphatic rings. The van der Waals surface area contributed by atoms with Crippen molar-refractivity contribution in [2.24, 2.45) is 0 Å². The molecule has 1 aromatic heterocycles. The molecular weight excluding hydrogens is 288 g/mol. The quantitative estimate of drug-likeness (QED) is 0.906. The summed E-state index contributed by atoms with van der Waals surface area (Å²) in [6, 6.07) is 12.3. The molecule has 2 N–H and O–H groups in total. The lowest BCUT2D eigenvalue weighted by molar-refractivity contribution is 0.0940. The van der Waals surface area contributed by atoms with Crippen molar-refractivity contribution in [2.75, 3.05) is 18.0 Å². The van der Waals surface area contributed by atoms with Gasteiger partial charge in [-0.25, -0.2) is 4.98 Å². The van der Waals surface area contributed by atoms with Crippen LogP contribution in [0, 0.1) is 0 Å². The summed E-state index contributed by atoms with van der Waals surface area (Å²) >= 11 is 0. The predicted molar refractivity (Wildman–Crippen MR) is 89.3 cm³/mol. The first-order chi connectivity index (χ1) is 11.3. The highest BCUT2D eigenvalue weighted by atomic mass is 16.1. The van der Waals surface area contributed by atoms with Crippen molar-refractivity contribution in [1.82, 2.24) is 15.6 Å². The highest BCUT2D eigenvalue weighted by Crippen LogP contribution is 2.27. The molecule has 1 aromatic carbocycles. The number of rotatable bonds is 3. The van der Waals surface area contributed by atoms with Gasteiger partial charge in [0.1, 0.15) is 5.82 Å². The topological polar surface area (TPSA) is 57.3 Å². The average molecular weight is 308 g/mol. The Balaban J connectivity index is 1.49. The molecular formula is C18H20N4O. The minimum atomic E-state index is -0.0148. The van der Waals surface area contributed by atoms with Crippen LogP contribution in [-0.2, 0) is 13.1 Å². The summed E-state index contributed by atoms with van der Waals surface area (Å²) in [5.41, 5.74) is 3.35. The molecule has 0 saturated carbocycles. The third-order valence-electron chi connectivity index (χ3n) is 4.57. The van der Waals surface area contributed by atoms with E-state index in [2.05, 4.69) is 44.8 Å². The molecule has 118 valence electrons. The van der Waals surface area contributed by atoms with Crippen LogP contribution in [0.4, 0.5) is 5.82 Å². The summed E-state index contributed by atoms with van der Waals surface area (Å²) in [5.74, 6) is 0.845. The van der Waals surface area contributed by atoms with Crippen molar-refractivity contribution in [3.8, 4) is 0 Å². The zero-order valence-corrected chi connectivity index (χ0v) is 13.0. The fourth-order valence-electron chi connectivity index (χ4n) is 3.27. The number of hydrogen-bond acceptors (Lipinski definition) is 4. The third kappa shape index (κ3) is 2.92. The van der Waals surface area contributed by atoms with Gasteiger partial charge in [-0.2, -0.15) is 0 Å². The minimum absolute atomic E-state index is 0.0148. The Morgan fingerprint density at radius 3 is 2.70 bits per heavy atom. The van der Waals surface area contributed by atoms with Gasteiger partial charge in [0.25, 0.3) is 5.91 Å². The van der Waals surface area contributed by atoms with Gasteiger partial charge >= 0.3 is 0 Å². The number of carbonyl (C=O) groups excluding carboxylic acids is 1. The van der Waals surface area contributed by atoms with Crippen molar-refractivity contribution in [3.63, 3.8) is 0 Å². The van der Waals surface area contributed by atoms with Crippen LogP contribution in [0.1, 0.15) is 27.9 Å². The molecule has 0 radical (unpaired) electrons. The largest absolute Gasteiger partial charge is 0.348 e. The van der Waals surface area contributed by atoms with Crippen molar-refractivity contribution < 1.29 is 4.79 Å². The normalized spacial score (nSPS) is 19.7. The fraction of sp³-hybridized carbons (Fsp3) is 0.333. The van der Waals surface area contributed by atoms with Gasteiger partial charge in [0.05, 0.1) is 0 Å². The maximum Gasteiger partial charge on any atom is 0.251 e. The van der Waals surface area contributed by atoms with Gasteiger partial charge in [-0.15, -0.1) is 0 Å². The first-order valence-corrected chi connectivity index (χ1v) is 8.09. The van der Waals surface area contributed by atoms with Gasteiger partial charge in [-0.1, -0.05) is 24.3 Å². The molecule has 2 aliphatic heterocycles. The van der Waals surface area contributed by atoms with E-state index in [-0.39, 0.29) is 11.9 Å². The molecule has 1 atom stereocenters. The Kier molecular flexibility index (Phi) is 3.71. The smallest absolute Gasteiger partial charge is 0.251 e. The van der Waals surface area contributed by atoms with Crippen LogP contribution in [0.25, 0.3) is 0 Å². The van der Waals surface area contributed by atoms with Crippen molar-refractivity contribution in [1.29, 1.82) is 0 Å². The standard InChI is InChI=1S/C18H20N4O/c23-18(21-16-6-7-19-10-16)13-5-8-20-17(9-13)22-11-14-3-1-2-4-15(14)12-22/h1-5,8-9,16,19H,6-7,10-12H2,(H,21,23). The van der Waals surface area contributed by atoms with Gasteiger partial charge in [-0.05, 0) is 36.2 Å². The summed E-state index contributed by atoms with van der Waals surface area (Å²) in [4.78, 5) is 19.1. The first kappa shape index (κ1) is 14.2. The Morgan fingerprint density at radius 2 is 2.00 bits per heavy atom. The summed E-state index contributed by atoms with van der Waals surface area (Å²) in [7, 11) is 0. The number of aromatic nitrogens is 1. The second-order valence-corrected chi connectivity index (χ2v) is 6.19. The number of pyridine rings is 1. The number of fused-ring (bicyclic) bond motifs is 1. The first-order valence-electron chi connectivity index (χ1n) is 8.09. The number of nitrogens with zero attached hydrogens (tertiary/aromatic N) is 2. The predicted octanol–water partition coefficient (Wildman–Crippen LogP) is 1.69. The van der Waals surface area contributed by atoms with Crippen LogP contribution in [0.3, 0.4) is 0 Å². The van der Waals surface area contributed by atoms with Crippen molar-refractivity contribution in [2.45, 2.75) is 25.6 Å². The summed E-state index contributed by atoms with van der Waals surface area (Å²) in [6.45, 7) is 3.52. The minimum Gasteiger partial charge on any atom is -0.348 e. The lowest BCUT2D eigenvalue weighted by atomic mass is 10.1. The summed E-state index contributed by atoms with van der Waals surface area (Å²) in [5, 5.41) is 6.34. The van der Waals surface area contributed by atoms with E-state index in [1.54, 1.807) is 12.3 Å². The maximum atomic E-state index is 12.4. The zero-order chi connectivity index (χ0) is 15.6. The van der Waals surface area contributed by atoms with Crippen LogP contribution in [0.15, 0.2) is 42.6 Å². The molecule has 4 rings (SSSR count). The lowest BCUT2D eigenvalue weighted by Crippen LogP contribution is -2.36. The summed E-state index contributed by atoms with van der Waals surface area (Å²) < 4.78 is 0. The van der Waals surface area contributed by atoms with Gasteiger partial charge in [0.15, 0.2) is 0 Å². The van der Waals surface area contributed by atoms with Gasteiger partial charge in [0, 0.05) is 37.4 Å². The van der Waals surface area contributed by atoms with Crippen LogP contribution in [0.2, 0.25) is 0 Å². The number of carbonyl (C=O) groups is 1. The van der Waals surface area contributed by atoms with E-state index < -0.39 is 0 Å². The maximum absolute atomic E-state index is 12.4. The molecule has 0 aliphatic carbocycles. The molecule has 1 fully saturated rings. The van der Waals surface area contributed by atoms with Crippen molar-refractivity contribution >= 4 is 11.7 Å². The fourth-order valence-corrected chi connectivity index (χ4v) is 3.27. The monoisotopic (exact) mass is 308 g/mol. The molecule has 2 aromatic rings. The zero-order valence-electron chi connectivity index (χ0n) is 13.0. The van der Waals surface area contributed by atoms with Crippen LogP contribution in [0.5, 0.6) is 0 Å². The number of benzene rings is 1. The Morgan fingerprint density at radius 1 is 1.22 bits per heavy atom. The van der Waals surface area contributed by atoms with E-state index in [4.69, 9.17) is 0 Å². The molecule has 5 heteroatoms. The van der Waals surface area contributed by atoms with Crippen molar-refractivity contribution in [3.05, 3.63) is 59.3 Å². The molecule has 3 heterocycles. The molecule has 5 nitrogen and oxygen atoms in total. The van der Waals surface area contributed by atoms with E-state index in [9.17, 15) is 4.79 Å². The highest BCUT2D eigenvalue weighted by Gasteiger charge is 2.21. The number of nitrogens with one attached hydrogen (secondary N) is 2. The van der Waals surface area contributed by atoms with E-state index in [0.717, 1.165) is 38.4 Å². The average Bonchev–Trinajstić information content (AvgIpc) is 3.24.